The van der Waals surface area contributed by atoms with Gasteiger partial charge >= 0.3 is 5.97 Å². The molecule has 6 heteroatoms. The van der Waals surface area contributed by atoms with Gasteiger partial charge in [-0.1, -0.05) is 5.16 Å². The van der Waals surface area contributed by atoms with E-state index in [1.54, 1.807) is 0 Å². The second-order valence-electron chi connectivity index (χ2n) is 4.29. The molecule has 0 amide bonds. The lowest BCUT2D eigenvalue weighted by Crippen LogP contribution is -2.13. The minimum absolute atomic E-state index is 0.0426. The van der Waals surface area contributed by atoms with E-state index in [9.17, 15) is 4.79 Å². The van der Waals surface area contributed by atoms with E-state index >= 15 is 0 Å². The molecule has 0 radical (unpaired) electrons. The Hall–Kier alpha value is -1.04. The molecule has 1 aromatic rings. The van der Waals surface area contributed by atoms with Crippen LogP contribution in [0.15, 0.2) is 4.52 Å². The third-order valence-electron chi connectivity index (χ3n) is 2.79. The minimum atomic E-state index is -0.839. The van der Waals surface area contributed by atoms with Gasteiger partial charge in [-0.05, 0) is 30.3 Å². The van der Waals surface area contributed by atoms with Gasteiger partial charge in [-0.25, -0.2) is 0 Å². The largest absolute Gasteiger partial charge is 0.481 e. The number of carboxylic acid groups (broad SMARTS) is 1. The summed E-state index contributed by atoms with van der Waals surface area (Å²) in [7, 11) is 0. The number of aromatic nitrogens is 2. The number of aliphatic carboxylic acids is 1. The number of rotatable bonds is 5. The van der Waals surface area contributed by atoms with E-state index < -0.39 is 5.97 Å². The summed E-state index contributed by atoms with van der Waals surface area (Å²) in [5.74, 6) is 3.38. The fraction of sp³-hybridized carbons (Fsp3) is 0.727. The Bertz CT molecular complexity index is 375. The summed E-state index contributed by atoms with van der Waals surface area (Å²) in [4.78, 5) is 14.6. The average Bonchev–Trinajstić information content (AvgIpc) is 2.75. The lowest BCUT2D eigenvalue weighted by molar-refractivity contribution is -0.137. The molecule has 17 heavy (non-hydrogen) atoms. The Labute approximate surface area is 104 Å². The number of carboxylic acids is 1. The van der Waals surface area contributed by atoms with Crippen molar-refractivity contribution in [2.24, 2.45) is 5.92 Å². The molecule has 0 aliphatic carbocycles. The first kappa shape index (κ1) is 12.4. The Morgan fingerprint density at radius 3 is 3.18 bits per heavy atom. The van der Waals surface area contributed by atoms with Crippen molar-refractivity contribution in [1.29, 1.82) is 0 Å². The topological polar surface area (TPSA) is 76.2 Å². The van der Waals surface area contributed by atoms with Gasteiger partial charge in [0, 0.05) is 12.8 Å². The van der Waals surface area contributed by atoms with Crippen LogP contribution in [-0.2, 0) is 17.6 Å². The van der Waals surface area contributed by atoms with Crippen LogP contribution < -0.4 is 0 Å². The number of nitrogens with zero attached hydrogens (tertiary/aromatic N) is 2. The van der Waals surface area contributed by atoms with E-state index in [1.807, 2.05) is 11.8 Å². The van der Waals surface area contributed by atoms with Crippen molar-refractivity contribution in [2.45, 2.75) is 32.1 Å². The first-order chi connectivity index (χ1) is 8.24. The number of hydrogen-bond acceptors (Lipinski definition) is 5. The van der Waals surface area contributed by atoms with Gasteiger partial charge in [0.2, 0.25) is 5.89 Å². The van der Waals surface area contributed by atoms with E-state index in [0.717, 1.165) is 12.2 Å². The number of aryl methyl sites for hydroxylation is 1. The predicted octanol–water partition coefficient (Wildman–Crippen LogP) is 1.77. The number of hydrogen-bond donors (Lipinski definition) is 1. The summed E-state index contributed by atoms with van der Waals surface area (Å²) >= 11 is 1.98. The summed E-state index contributed by atoms with van der Waals surface area (Å²) in [5, 5.41) is 12.4. The highest BCUT2D eigenvalue weighted by atomic mass is 32.2. The zero-order valence-corrected chi connectivity index (χ0v) is 10.4. The highest BCUT2D eigenvalue weighted by molar-refractivity contribution is 7.99. The minimum Gasteiger partial charge on any atom is -0.481 e. The molecule has 0 bridgehead atoms. The standard InChI is InChI=1S/C11H16N2O3S/c14-11(15)4-3-10-12-9(13-16-10)6-8-2-1-5-17-7-8/h8H,1-7H2,(H,14,15). The van der Waals surface area contributed by atoms with Gasteiger partial charge in [0.05, 0.1) is 6.42 Å². The molecule has 94 valence electrons. The molecule has 5 nitrogen and oxygen atoms in total. The molecule has 1 aliphatic heterocycles. The van der Waals surface area contributed by atoms with Crippen molar-refractivity contribution in [3.8, 4) is 0 Å². The van der Waals surface area contributed by atoms with E-state index in [4.69, 9.17) is 9.63 Å². The fourth-order valence-corrected chi connectivity index (χ4v) is 3.07. The van der Waals surface area contributed by atoms with Crippen LogP contribution in [0.5, 0.6) is 0 Å². The van der Waals surface area contributed by atoms with Gasteiger partial charge in [0.15, 0.2) is 5.82 Å². The molecule has 0 saturated carbocycles. The van der Waals surface area contributed by atoms with E-state index in [-0.39, 0.29) is 6.42 Å². The van der Waals surface area contributed by atoms with Crippen LogP contribution in [0.25, 0.3) is 0 Å². The summed E-state index contributed by atoms with van der Waals surface area (Å²) in [6.45, 7) is 0. The zero-order chi connectivity index (χ0) is 12.1. The molecule has 1 N–H and O–H groups in total. The Kier molecular flexibility index (Phi) is 4.42. The Morgan fingerprint density at radius 1 is 1.59 bits per heavy atom. The van der Waals surface area contributed by atoms with Crippen molar-refractivity contribution < 1.29 is 14.4 Å². The maximum absolute atomic E-state index is 10.4. The first-order valence-electron chi connectivity index (χ1n) is 5.85. The van der Waals surface area contributed by atoms with E-state index in [1.165, 1.54) is 24.3 Å². The van der Waals surface area contributed by atoms with Gasteiger partial charge < -0.3 is 9.63 Å². The maximum atomic E-state index is 10.4. The molecule has 0 spiro atoms. The van der Waals surface area contributed by atoms with Crippen molar-refractivity contribution in [3.63, 3.8) is 0 Å². The summed E-state index contributed by atoms with van der Waals surface area (Å²) in [6.07, 6.45) is 3.71. The molecule has 1 aromatic heterocycles. The SMILES string of the molecule is O=C(O)CCc1nc(CC2CCCSC2)no1. The molecule has 2 rings (SSSR count). The first-order valence-corrected chi connectivity index (χ1v) is 7.00. The molecule has 1 saturated heterocycles. The number of thioether (sulfide) groups is 1. The Balaban J connectivity index is 1.82. The molecule has 0 aromatic carbocycles. The van der Waals surface area contributed by atoms with Crippen LogP contribution in [0, 0.1) is 5.92 Å². The lowest BCUT2D eigenvalue weighted by atomic mass is 10.0. The summed E-state index contributed by atoms with van der Waals surface area (Å²) in [6, 6.07) is 0. The second-order valence-corrected chi connectivity index (χ2v) is 5.44. The van der Waals surface area contributed by atoms with Crippen molar-refractivity contribution in [3.05, 3.63) is 11.7 Å². The van der Waals surface area contributed by atoms with E-state index in [2.05, 4.69) is 10.1 Å². The highest BCUT2D eigenvalue weighted by Gasteiger charge is 2.17. The van der Waals surface area contributed by atoms with Gasteiger partial charge in [-0.3, -0.25) is 4.79 Å². The van der Waals surface area contributed by atoms with E-state index in [0.29, 0.717) is 18.2 Å². The molecule has 1 fully saturated rings. The van der Waals surface area contributed by atoms with Crippen LogP contribution in [0.4, 0.5) is 0 Å². The van der Waals surface area contributed by atoms with Crippen LogP contribution >= 0.6 is 11.8 Å². The van der Waals surface area contributed by atoms with Gasteiger partial charge in [-0.2, -0.15) is 16.7 Å². The second kappa shape index (κ2) is 6.05. The predicted molar refractivity (Wildman–Crippen MR) is 64.0 cm³/mol. The normalized spacial score (nSPS) is 20.4. The van der Waals surface area contributed by atoms with Gasteiger partial charge in [0.25, 0.3) is 0 Å². The fourth-order valence-electron chi connectivity index (χ4n) is 1.92. The van der Waals surface area contributed by atoms with Crippen LogP contribution in [0.3, 0.4) is 0 Å². The molecule has 1 atom stereocenters. The molecule has 1 aliphatic rings. The van der Waals surface area contributed by atoms with Crippen LogP contribution in [0.2, 0.25) is 0 Å². The molecule has 2 heterocycles. The summed E-state index contributed by atoms with van der Waals surface area (Å²) < 4.78 is 5.03. The smallest absolute Gasteiger partial charge is 0.303 e. The third kappa shape index (κ3) is 4.03. The monoisotopic (exact) mass is 256 g/mol. The third-order valence-corrected chi connectivity index (χ3v) is 4.07. The molecular weight excluding hydrogens is 240 g/mol. The van der Waals surface area contributed by atoms with Crippen molar-refractivity contribution in [2.75, 3.05) is 11.5 Å². The quantitative estimate of drug-likeness (QED) is 0.865. The lowest BCUT2D eigenvalue weighted by Gasteiger charge is -2.19. The maximum Gasteiger partial charge on any atom is 0.303 e. The zero-order valence-electron chi connectivity index (χ0n) is 9.59. The molecule has 1 unspecified atom stereocenters. The van der Waals surface area contributed by atoms with Crippen LogP contribution in [0.1, 0.15) is 31.0 Å². The number of carbonyl (C=O) groups is 1. The van der Waals surface area contributed by atoms with Gasteiger partial charge in [-0.15, -0.1) is 0 Å². The average molecular weight is 256 g/mol. The van der Waals surface area contributed by atoms with Crippen LogP contribution in [-0.4, -0.2) is 32.7 Å². The highest BCUT2D eigenvalue weighted by Crippen LogP contribution is 2.24. The van der Waals surface area contributed by atoms with Gasteiger partial charge in [0.1, 0.15) is 0 Å². The molecular formula is C11H16N2O3S. The van der Waals surface area contributed by atoms with Crippen molar-refractivity contribution >= 4 is 17.7 Å². The Morgan fingerprint density at radius 2 is 2.47 bits per heavy atom. The summed E-state index contributed by atoms with van der Waals surface area (Å²) in [5.41, 5.74) is 0. The van der Waals surface area contributed by atoms with Crippen molar-refractivity contribution in [1.82, 2.24) is 10.1 Å².